The number of nitrogens with one attached hydrogen (secondary N) is 2. The summed E-state index contributed by atoms with van der Waals surface area (Å²) >= 11 is 0. The van der Waals surface area contributed by atoms with E-state index in [0.29, 0.717) is 25.3 Å². The predicted octanol–water partition coefficient (Wildman–Crippen LogP) is 1.66. The second-order valence-corrected chi connectivity index (χ2v) is 8.18. The molecule has 2 amide bonds. The summed E-state index contributed by atoms with van der Waals surface area (Å²) in [5.41, 5.74) is 2.13. The number of carbonyl (C=O) groups is 2. The number of pyridine rings is 1. The molecule has 0 unspecified atom stereocenters. The third-order valence-electron chi connectivity index (χ3n) is 6.32. The first kappa shape index (κ1) is 18.6. The SMILES string of the molecule is CC(=O)NC[C@H]1[C@H]2C[C@H](CN(C(=O)c3n[nH]c4ccccc34)C2)c2cccc(=O)n21. The van der Waals surface area contributed by atoms with Crippen molar-refractivity contribution in [1.29, 1.82) is 0 Å². The maximum Gasteiger partial charge on any atom is 0.275 e. The Morgan fingerprint density at radius 1 is 1.17 bits per heavy atom. The molecule has 1 fully saturated rings. The van der Waals surface area contributed by atoms with Gasteiger partial charge in [-0.2, -0.15) is 5.10 Å². The second-order valence-electron chi connectivity index (χ2n) is 8.18. The molecule has 2 bridgehead atoms. The number of likely N-dealkylation sites (tertiary alicyclic amines) is 1. The lowest BCUT2D eigenvalue weighted by Crippen LogP contribution is -2.53. The number of benzene rings is 1. The van der Waals surface area contributed by atoms with E-state index in [1.165, 1.54) is 6.92 Å². The molecule has 3 aromatic rings. The lowest BCUT2D eigenvalue weighted by Gasteiger charge is -2.46. The smallest absolute Gasteiger partial charge is 0.275 e. The maximum atomic E-state index is 13.4. The highest BCUT2D eigenvalue weighted by Gasteiger charge is 2.42. The zero-order valence-corrected chi connectivity index (χ0v) is 16.7. The summed E-state index contributed by atoms with van der Waals surface area (Å²) in [5, 5.41) is 10.9. The van der Waals surface area contributed by atoms with E-state index in [2.05, 4.69) is 15.5 Å². The molecule has 0 spiro atoms. The molecule has 2 N–H and O–H groups in total. The standard InChI is InChI=1S/C22H23N5O3/c1-13(28)23-10-19-15-9-14(18-7-4-8-20(29)27(18)19)11-26(12-15)22(30)21-16-5-2-3-6-17(16)24-25-21/h2-8,14-15,19H,9-12H2,1H3,(H,23,28)(H,24,25)/t14-,15+,19+/m1/s1. The zero-order valence-electron chi connectivity index (χ0n) is 16.7. The third-order valence-corrected chi connectivity index (χ3v) is 6.32. The number of aromatic nitrogens is 3. The monoisotopic (exact) mass is 405 g/mol. The van der Waals surface area contributed by atoms with Crippen molar-refractivity contribution in [3.63, 3.8) is 0 Å². The number of rotatable bonds is 3. The van der Waals surface area contributed by atoms with Crippen LogP contribution in [-0.4, -0.2) is 51.1 Å². The molecule has 5 rings (SSSR count). The summed E-state index contributed by atoms with van der Waals surface area (Å²) in [7, 11) is 0. The average molecular weight is 405 g/mol. The van der Waals surface area contributed by atoms with Crippen LogP contribution in [0.5, 0.6) is 0 Å². The van der Waals surface area contributed by atoms with E-state index < -0.39 is 0 Å². The van der Waals surface area contributed by atoms with Crippen molar-refractivity contribution in [3.8, 4) is 0 Å². The Kier molecular flexibility index (Phi) is 4.42. The summed E-state index contributed by atoms with van der Waals surface area (Å²) in [6.45, 7) is 2.92. The van der Waals surface area contributed by atoms with Gasteiger partial charge in [0.15, 0.2) is 5.69 Å². The van der Waals surface area contributed by atoms with Crippen molar-refractivity contribution in [1.82, 2.24) is 25.0 Å². The summed E-state index contributed by atoms with van der Waals surface area (Å²) in [6.07, 6.45) is 0.888. The number of H-pyrrole nitrogens is 1. The van der Waals surface area contributed by atoms with Crippen LogP contribution in [0.2, 0.25) is 0 Å². The molecule has 0 radical (unpaired) electrons. The number of hydrogen-bond donors (Lipinski definition) is 2. The Morgan fingerprint density at radius 2 is 2.00 bits per heavy atom. The molecule has 30 heavy (non-hydrogen) atoms. The Hall–Kier alpha value is -3.42. The molecule has 1 aromatic carbocycles. The predicted molar refractivity (Wildman–Crippen MR) is 111 cm³/mol. The van der Waals surface area contributed by atoms with Gasteiger partial charge in [-0.3, -0.25) is 19.5 Å². The molecule has 2 aromatic heterocycles. The number of fused-ring (bicyclic) bond motifs is 5. The quantitative estimate of drug-likeness (QED) is 0.692. The number of piperidine rings is 1. The molecular weight excluding hydrogens is 382 g/mol. The number of aromatic amines is 1. The average Bonchev–Trinajstić information content (AvgIpc) is 3.17. The van der Waals surface area contributed by atoms with Crippen LogP contribution in [-0.2, 0) is 4.79 Å². The fourth-order valence-corrected chi connectivity index (χ4v) is 4.99. The minimum absolute atomic E-state index is 0.0596. The number of carbonyl (C=O) groups excluding carboxylic acids is 2. The summed E-state index contributed by atoms with van der Waals surface area (Å²) in [6, 6.07) is 12.7. The normalized spacial score (nSPS) is 22.6. The summed E-state index contributed by atoms with van der Waals surface area (Å²) in [4.78, 5) is 39.4. The Bertz CT molecular complexity index is 1200. The van der Waals surface area contributed by atoms with Crippen LogP contribution in [0.1, 0.15) is 41.5 Å². The van der Waals surface area contributed by atoms with Crippen molar-refractivity contribution in [2.75, 3.05) is 19.6 Å². The largest absolute Gasteiger partial charge is 0.354 e. The Balaban J connectivity index is 1.50. The lowest BCUT2D eigenvalue weighted by molar-refractivity contribution is -0.119. The molecule has 3 atom stereocenters. The highest BCUT2D eigenvalue weighted by Crippen LogP contribution is 2.41. The van der Waals surface area contributed by atoms with Gasteiger partial charge in [-0.15, -0.1) is 0 Å². The molecule has 0 saturated carbocycles. The lowest BCUT2D eigenvalue weighted by atomic mass is 9.78. The number of para-hydroxylation sites is 1. The van der Waals surface area contributed by atoms with Gasteiger partial charge in [-0.25, -0.2) is 0 Å². The fourth-order valence-electron chi connectivity index (χ4n) is 4.99. The van der Waals surface area contributed by atoms with Gasteiger partial charge in [0.2, 0.25) is 5.91 Å². The number of hydrogen-bond acceptors (Lipinski definition) is 4. The van der Waals surface area contributed by atoms with Gasteiger partial charge in [-0.1, -0.05) is 24.3 Å². The molecule has 2 aliphatic heterocycles. The van der Waals surface area contributed by atoms with E-state index in [-0.39, 0.29) is 35.3 Å². The molecule has 1 saturated heterocycles. The first-order valence-corrected chi connectivity index (χ1v) is 10.2. The van der Waals surface area contributed by atoms with E-state index in [0.717, 1.165) is 23.0 Å². The van der Waals surface area contributed by atoms with Crippen molar-refractivity contribution in [2.24, 2.45) is 5.92 Å². The van der Waals surface area contributed by atoms with Gasteiger partial charge in [0.05, 0.1) is 11.6 Å². The van der Waals surface area contributed by atoms with Crippen molar-refractivity contribution < 1.29 is 9.59 Å². The Morgan fingerprint density at radius 3 is 2.83 bits per heavy atom. The Labute approximate surface area is 172 Å². The highest BCUT2D eigenvalue weighted by atomic mass is 16.2. The molecule has 8 heteroatoms. The molecule has 154 valence electrons. The highest BCUT2D eigenvalue weighted by molar-refractivity contribution is 6.04. The second kappa shape index (κ2) is 7.12. The van der Waals surface area contributed by atoms with E-state index in [4.69, 9.17) is 0 Å². The van der Waals surface area contributed by atoms with Crippen LogP contribution in [0.3, 0.4) is 0 Å². The van der Waals surface area contributed by atoms with Crippen LogP contribution in [0, 0.1) is 5.92 Å². The minimum atomic E-state index is -0.180. The van der Waals surface area contributed by atoms with Gasteiger partial charge in [0.1, 0.15) is 0 Å². The topological polar surface area (TPSA) is 100 Å². The minimum Gasteiger partial charge on any atom is -0.354 e. The van der Waals surface area contributed by atoms with E-state index >= 15 is 0 Å². The third kappa shape index (κ3) is 2.99. The molecule has 2 aliphatic rings. The number of amides is 2. The molecule has 4 heterocycles. The molecular formula is C22H23N5O3. The first-order chi connectivity index (χ1) is 14.5. The van der Waals surface area contributed by atoms with Gasteiger partial charge < -0.3 is 14.8 Å². The summed E-state index contributed by atoms with van der Waals surface area (Å²) < 4.78 is 1.82. The van der Waals surface area contributed by atoms with Gasteiger partial charge >= 0.3 is 0 Å². The first-order valence-electron chi connectivity index (χ1n) is 10.2. The maximum absolute atomic E-state index is 13.4. The van der Waals surface area contributed by atoms with Gasteiger partial charge in [0.25, 0.3) is 11.5 Å². The van der Waals surface area contributed by atoms with E-state index in [9.17, 15) is 14.4 Å². The van der Waals surface area contributed by atoms with E-state index in [1.54, 1.807) is 12.1 Å². The molecule has 0 aliphatic carbocycles. The number of nitrogens with zero attached hydrogens (tertiary/aromatic N) is 3. The van der Waals surface area contributed by atoms with Crippen LogP contribution in [0.15, 0.2) is 47.3 Å². The van der Waals surface area contributed by atoms with Crippen LogP contribution < -0.4 is 10.9 Å². The van der Waals surface area contributed by atoms with Gasteiger partial charge in [-0.05, 0) is 24.5 Å². The summed E-state index contributed by atoms with van der Waals surface area (Å²) in [5.74, 6) is -0.0701. The van der Waals surface area contributed by atoms with Crippen LogP contribution in [0.25, 0.3) is 10.9 Å². The van der Waals surface area contributed by atoms with Gasteiger partial charge in [0, 0.05) is 49.6 Å². The van der Waals surface area contributed by atoms with E-state index in [1.807, 2.05) is 39.8 Å². The van der Waals surface area contributed by atoms with Crippen molar-refractivity contribution in [2.45, 2.75) is 25.3 Å². The zero-order chi connectivity index (χ0) is 20.8. The van der Waals surface area contributed by atoms with Crippen LogP contribution in [0.4, 0.5) is 0 Å². The van der Waals surface area contributed by atoms with Crippen molar-refractivity contribution in [3.05, 3.63) is 64.2 Å². The van der Waals surface area contributed by atoms with Crippen LogP contribution >= 0.6 is 0 Å². The fraction of sp³-hybridized carbons (Fsp3) is 0.364. The molecule has 8 nitrogen and oxygen atoms in total. The van der Waals surface area contributed by atoms with Crippen molar-refractivity contribution >= 4 is 22.7 Å².